The predicted molar refractivity (Wildman–Crippen MR) is 85.5 cm³/mol. The second kappa shape index (κ2) is 6.84. The molecule has 0 saturated heterocycles. The van der Waals surface area contributed by atoms with Gasteiger partial charge in [0.15, 0.2) is 6.61 Å². The van der Waals surface area contributed by atoms with Gasteiger partial charge in [0.25, 0.3) is 0 Å². The molecule has 2 heterocycles. The first-order chi connectivity index (χ1) is 11.9. The predicted octanol–water partition coefficient (Wildman–Crippen LogP) is 3.46. The average molecular weight is 349 g/mol. The van der Waals surface area contributed by atoms with Crippen molar-refractivity contribution in [2.75, 3.05) is 11.9 Å². The largest absolute Gasteiger partial charge is 0.482 e. The lowest BCUT2D eigenvalue weighted by atomic mass is 10.2. The number of rotatable bonds is 5. The maximum absolute atomic E-state index is 12.3. The summed E-state index contributed by atoms with van der Waals surface area (Å²) < 4.78 is 43.4. The molecule has 0 saturated carbocycles. The van der Waals surface area contributed by atoms with Gasteiger partial charge in [0, 0.05) is 12.4 Å². The first-order valence-electron chi connectivity index (χ1n) is 7.42. The van der Waals surface area contributed by atoms with E-state index in [9.17, 15) is 18.0 Å². The molecule has 25 heavy (non-hydrogen) atoms. The van der Waals surface area contributed by atoms with Crippen LogP contribution in [-0.2, 0) is 11.2 Å². The van der Waals surface area contributed by atoms with Crippen molar-refractivity contribution in [1.29, 1.82) is 0 Å². The molecule has 1 aromatic carbocycles. The summed E-state index contributed by atoms with van der Waals surface area (Å²) in [7, 11) is 0. The van der Waals surface area contributed by atoms with Gasteiger partial charge in [0.1, 0.15) is 11.4 Å². The van der Waals surface area contributed by atoms with Gasteiger partial charge in [-0.15, -0.1) is 0 Å². The number of alkyl halides is 3. The molecule has 1 amide bonds. The Hall–Kier alpha value is -3.03. The number of nitrogens with one attached hydrogen (secondary N) is 1. The van der Waals surface area contributed by atoms with Crippen LogP contribution in [-0.4, -0.2) is 28.1 Å². The summed E-state index contributed by atoms with van der Waals surface area (Å²) in [4.78, 5) is 16.5. The van der Waals surface area contributed by atoms with Crippen molar-refractivity contribution >= 4 is 17.2 Å². The number of ether oxygens (including phenoxy) is 1. The molecule has 0 aliphatic carbocycles. The van der Waals surface area contributed by atoms with Gasteiger partial charge < -0.3 is 14.5 Å². The number of halogens is 3. The van der Waals surface area contributed by atoms with Crippen LogP contribution in [0.3, 0.4) is 0 Å². The van der Waals surface area contributed by atoms with Crippen molar-refractivity contribution in [2.45, 2.75) is 12.6 Å². The molecule has 1 N–H and O–H groups in total. The van der Waals surface area contributed by atoms with Crippen molar-refractivity contribution in [3.05, 3.63) is 60.6 Å². The van der Waals surface area contributed by atoms with Crippen molar-refractivity contribution in [3.63, 3.8) is 0 Å². The SMILES string of the molecule is O=C(Cc1cn2ccccc2n1)Nc1ccccc1OCC(F)(F)F. The quantitative estimate of drug-likeness (QED) is 0.768. The summed E-state index contributed by atoms with van der Waals surface area (Å²) in [6, 6.07) is 11.5. The first-order valence-corrected chi connectivity index (χ1v) is 7.42. The molecule has 0 aliphatic rings. The molecule has 0 unspecified atom stereocenters. The maximum Gasteiger partial charge on any atom is 0.422 e. The molecule has 0 aliphatic heterocycles. The molecule has 0 bridgehead atoms. The van der Waals surface area contributed by atoms with Crippen molar-refractivity contribution in [2.24, 2.45) is 0 Å². The zero-order chi connectivity index (χ0) is 17.9. The van der Waals surface area contributed by atoms with Gasteiger partial charge in [0.2, 0.25) is 5.91 Å². The number of amides is 1. The topological polar surface area (TPSA) is 55.6 Å². The van der Waals surface area contributed by atoms with E-state index in [4.69, 9.17) is 4.74 Å². The third-order valence-corrected chi connectivity index (χ3v) is 3.31. The molecule has 8 heteroatoms. The molecule has 2 aromatic heterocycles. The number of benzene rings is 1. The summed E-state index contributed by atoms with van der Waals surface area (Å²) in [5, 5.41) is 2.56. The average Bonchev–Trinajstić information content (AvgIpc) is 2.95. The molecular formula is C17H14F3N3O2. The number of hydrogen-bond donors (Lipinski definition) is 1. The van der Waals surface area contributed by atoms with Crippen molar-refractivity contribution in [1.82, 2.24) is 9.38 Å². The molecule has 3 rings (SSSR count). The number of para-hydroxylation sites is 2. The molecule has 5 nitrogen and oxygen atoms in total. The van der Waals surface area contributed by atoms with E-state index in [1.54, 1.807) is 16.7 Å². The Morgan fingerprint density at radius 3 is 2.68 bits per heavy atom. The number of pyridine rings is 1. The van der Waals surface area contributed by atoms with E-state index in [1.807, 2.05) is 24.4 Å². The van der Waals surface area contributed by atoms with Crippen LogP contribution < -0.4 is 10.1 Å². The molecule has 0 radical (unpaired) electrons. The van der Waals surface area contributed by atoms with E-state index in [-0.39, 0.29) is 17.9 Å². The smallest absolute Gasteiger partial charge is 0.422 e. The van der Waals surface area contributed by atoms with Crippen molar-refractivity contribution < 1.29 is 22.7 Å². The van der Waals surface area contributed by atoms with E-state index in [0.717, 1.165) is 0 Å². The Kier molecular flexibility index (Phi) is 4.60. The summed E-state index contributed by atoms with van der Waals surface area (Å²) in [6.07, 6.45) is -0.923. The number of fused-ring (bicyclic) bond motifs is 1. The van der Waals surface area contributed by atoms with Crippen molar-refractivity contribution in [3.8, 4) is 5.75 Å². The van der Waals surface area contributed by atoms with Gasteiger partial charge in [-0.3, -0.25) is 4.79 Å². The van der Waals surface area contributed by atoms with Gasteiger partial charge in [-0.1, -0.05) is 18.2 Å². The maximum atomic E-state index is 12.3. The normalized spacial score (nSPS) is 11.5. The number of aromatic nitrogens is 2. The molecule has 130 valence electrons. The fraction of sp³-hybridized carbons (Fsp3) is 0.176. The first kappa shape index (κ1) is 16.8. The molecule has 3 aromatic rings. The standard InChI is InChI=1S/C17H14F3N3O2/c18-17(19,20)11-25-14-6-2-1-5-13(14)22-16(24)9-12-10-23-8-4-3-7-15(23)21-12/h1-8,10H,9,11H2,(H,22,24). The molecule has 0 spiro atoms. The van der Waals surface area contributed by atoms with Crippen LogP contribution >= 0.6 is 0 Å². The monoisotopic (exact) mass is 349 g/mol. The number of carbonyl (C=O) groups excluding carboxylic acids is 1. The number of anilines is 1. The zero-order valence-electron chi connectivity index (χ0n) is 13.0. The third-order valence-electron chi connectivity index (χ3n) is 3.31. The van der Waals surface area contributed by atoms with Crippen LogP contribution in [0.1, 0.15) is 5.69 Å². The van der Waals surface area contributed by atoms with Gasteiger partial charge in [-0.2, -0.15) is 13.2 Å². The highest BCUT2D eigenvalue weighted by Gasteiger charge is 2.28. The van der Waals surface area contributed by atoms with E-state index in [0.29, 0.717) is 11.3 Å². The van der Waals surface area contributed by atoms with Crippen LogP contribution in [0.2, 0.25) is 0 Å². The number of carbonyl (C=O) groups is 1. The lowest BCUT2D eigenvalue weighted by molar-refractivity contribution is -0.153. The number of hydrogen-bond acceptors (Lipinski definition) is 3. The minimum Gasteiger partial charge on any atom is -0.482 e. The fourth-order valence-electron chi connectivity index (χ4n) is 2.29. The lowest BCUT2D eigenvalue weighted by Gasteiger charge is -2.13. The van der Waals surface area contributed by atoms with E-state index < -0.39 is 18.7 Å². The fourth-order valence-corrected chi connectivity index (χ4v) is 2.29. The Morgan fingerprint density at radius 2 is 1.92 bits per heavy atom. The Labute approximate surface area is 141 Å². The minimum absolute atomic E-state index is 0.00468. The highest BCUT2D eigenvalue weighted by Crippen LogP contribution is 2.26. The highest BCUT2D eigenvalue weighted by molar-refractivity contribution is 5.93. The third kappa shape index (κ3) is 4.50. The highest BCUT2D eigenvalue weighted by atomic mass is 19.4. The van der Waals surface area contributed by atoms with Crippen LogP contribution in [0.5, 0.6) is 5.75 Å². The molecule has 0 atom stereocenters. The summed E-state index contributed by atoms with van der Waals surface area (Å²) >= 11 is 0. The van der Waals surface area contributed by atoms with Crippen LogP contribution in [0.15, 0.2) is 54.9 Å². The van der Waals surface area contributed by atoms with Crippen LogP contribution in [0.4, 0.5) is 18.9 Å². The number of imidazole rings is 1. The summed E-state index contributed by atoms with van der Waals surface area (Å²) in [6.45, 7) is -1.42. The van der Waals surface area contributed by atoms with Gasteiger partial charge in [-0.25, -0.2) is 4.98 Å². The van der Waals surface area contributed by atoms with E-state index >= 15 is 0 Å². The van der Waals surface area contributed by atoms with Gasteiger partial charge >= 0.3 is 6.18 Å². The van der Waals surface area contributed by atoms with Crippen LogP contribution in [0.25, 0.3) is 5.65 Å². The van der Waals surface area contributed by atoms with E-state index in [1.165, 1.54) is 18.2 Å². The second-order valence-electron chi connectivity index (χ2n) is 5.32. The molecular weight excluding hydrogens is 335 g/mol. The van der Waals surface area contributed by atoms with Gasteiger partial charge in [-0.05, 0) is 24.3 Å². The minimum atomic E-state index is -4.45. The zero-order valence-corrected chi connectivity index (χ0v) is 13.0. The Morgan fingerprint density at radius 1 is 1.16 bits per heavy atom. The lowest BCUT2D eigenvalue weighted by Crippen LogP contribution is -2.20. The van der Waals surface area contributed by atoms with Crippen LogP contribution in [0, 0.1) is 0 Å². The summed E-state index contributed by atoms with van der Waals surface area (Å²) in [5.74, 6) is -0.436. The number of nitrogens with zero attached hydrogens (tertiary/aromatic N) is 2. The Balaban J connectivity index is 1.68. The molecule has 0 fully saturated rings. The second-order valence-corrected chi connectivity index (χ2v) is 5.32. The Bertz CT molecular complexity index is 857. The summed E-state index contributed by atoms with van der Waals surface area (Å²) in [5.41, 5.74) is 1.44. The van der Waals surface area contributed by atoms with Gasteiger partial charge in [0.05, 0.1) is 17.8 Å². The van der Waals surface area contributed by atoms with E-state index in [2.05, 4.69) is 10.3 Å².